The second kappa shape index (κ2) is 7.13. The Morgan fingerprint density at radius 3 is 2.32 bits per heavy atom. The van der Waals surface area contributed by atoms with E-state index in [0.29, 0.717) is 11.3 Å². The Morgan fingerprint density at radius 2 is 1.56 bits per heavy atom. The van der Waals surface area contributed by atoms with Crippen LogP contribution in [0.5, 0.6) is 0 Å². The van der Waals surface area contributed by atoms with Gasteiger partial charge in [0.05, 0.1) is 6.04 Å². The van der Waals surface area contributed by atoms with Crippen molar-refractivity contribution in [1.29, 1.82) is 0 Å². The van der Waals surface area contributed by atoms with E-state index in [-0.39, 0.29) is 5.82 Å². The van der Waals surface area contributed by atoms with E-state index in [1.165, 1.54) is 12.1 Å². The molecule has 5 heteroatoms. The number of fused-ring (bicyclic) bond motifs is 1. The molecule has 0 heterocycles. The molecule has 0 bridgehead atoms. The summed E-state index contributed by atoms with van der Waals surface area (Å²) in [4.78, 5) is 24.3. The van der Waals surface area contributed by atoms with Gasteiger partial charge in [0.15, 0.2) is 0 Å². The molecular formula is C20H17FN2O2. The zero-order valence-corrected chi connectivity index (χ0v) is 13.6. The van der Waals surface area contributed by atoms with E-state index in [9.17, 15) is 14.0 Å². The number of amides is 2. The van der Waals surface area contributed by atoms with Crippen LogP contribution in [0, 0.1) is 5.82 Å². The van der Waals surface area contributed by atoms with Gasteiger partial charge in [-0.2, -0.15) is 0 Å². The average Bonchev–Trinajstić information content (AvgIpc) is 2.62. The summed E-state index contributed by atoms with van der Waals surface area (Å²) in [5.41, 5.74) is 1.29. The van der Waals surface area contributed by atoms with Crippen molar-refractivity contribution in [3.05, 3.63) is 78.1 Å². The number of carbonyl (C=O) groups is 2. The second-order valence-electron chi connectivity index (χ2n) is 5.73. The molecule has 0 aromatic heterocycles. The normalized spacial score (nSPS) is 11.8. The molecule has 0 unspecified atom stereocenters. The highest BCUT2D eigenvalue weighted by molar-refractivity contribution is 6.40. The van der Waals surface area contributed by atoms with Gasteiger partial charge in [0, 0.05) is 11.1 Å². The van der Waals surface area contributed by atoms with E-state index in [1.807, 2.05) is 36.4 Å². The second-order valence-corrected chi connectivity index (χ2v) is 5.73. The van der Waals surface area contributed by atoms with Crippen LogP contribution in [0.25, 0.3) is 10.8 Å². The standard InChI is InChI=1S/C20H17FN2O2/c1-13(14-9-11-16(21)12-10-14)22-19(24)20(25)23-18-8-4-6-15-5-2-3-7-17(15)18/h2-13H,1H3,(H,22,24)(H,23,25)/t13-/m0/s1. The fourth-order valence-electron chi connectivity index (χ4n) is 2.61. The Kier molecular flexibility index (Phi) is 4.75. The topological polar surface area (TPSA) is 58.2 Å². The van der Waals surface area contributed by atoms with Crippen LogP contribution in [0.1, 0.15) is 18.5 Å². The molecule has 1 atom stereocenters. The molecule has 3 aromatic rings. The van der Waals surface area contributed by atoms with Gasteiger partial charge in [-0.3, -0.25) is 9.59 Å². The Hall–Kier alpha value is -3.21. The first-order chi connectivity index (χ1) is 12.0. The maximum Gasteiger partial charge on any atom is 0.313 e. The first kappa shape index (κ1) is 16.6. The summed E-state index contributed by atoms with van der Waals surface area (Å²) in [6.07, 6.45) is 0. The third kappa shape index (κ3) is 3.83. The molecule has 4 nitrogen and oxygen atoms in total. The van der Waals surface area contributed by atoms with Crippen LogP contribution in [0.2, 0.25) is 0 Å². The first-order valence-corrected chi connectivity index (χ1v) is 7.89. The van der Waals surface area contributed by atoms with Gasteiger partial charge in [0.2, 0.25) is 0 Å². The highest BCUT2D eigenvalue weighted by Gasteiger charge is 2.18. The van der Waals surface area contributed by atoms with Crippen LogP contribution >= 0.6 is 0 Å². The molecule has 0 aliphatic rings. The number of nitrogens with one attached hydrogen (secondary N) is 2. The molecule has 0 radical (unpaired) electrons. The summed E-state index contributed by atoms with van der Waals surface area (Å²) in [6, 6.07) is 18.4. The first-order valence-electron chi connectivity index (χ1n) is 7.89. The largest absolute Gasteiger partial charge is 0.341 e. The van der Waals surface area contributed by atoms with Crippen molar-refractivity contribution >= 4 is 28.3 Å². The highest BCUT2D eigenvalue weighted by Crippen LogP contribution is 2.22. The molecular weight excluding hydrogens is 319 g/mol. The molecule has 25 heavy (non-hydrogen) atoms. The van der Waals surface area contributed by atoms with Crippen molar-refractivity contribution in [3.8, 4) is 0 Å². The van der Waals surface area contributed by atoms with Crippen molar-refractivity contribution in [3.63, 3.8) is 0 Å². The predicted octanol–water partition coefficient (Wildman–Crippen LogP) is 3.79. The van der Waals surface area contributed by atoms with Crippen LogP contribution < -0.4 is 10.6 Å². The van der Waals surface area contributed by atoms with E-state index in [0.717, 1.165) is 10.8 Å². The van der Waals surface area contributed by atoms with Gasteiger partial charge in [-0.05, 0) is 36.1 Å². The van der Waals surface area contributed by atoms with Gasteiger partial charge in [-0.25, -0.2) is 4.39 Å². The van der Waals surface area contributed by atoms with Crippen LogP contribution in [0.3, 0.4) is 0 Å². The number of anilines is 1. The molecule has 3 aromatic carbocycles. The monoisotopic (exact) mass is 336 g/mol. The fraction of sp³-hybridized carbons (Fsp3) is 0.100. The Balaban J connectivity index is 1.70. The minimum Gasteiger partial charge on any atom is -0.341 e. The smallest absolute Gasteiger partial charge is 0.313 e. The molecule has 0 spiro atoms. The van der Waals surface area contributed by atoms with Gasteiger partial charge in [-0.15, -0.1) is 0 Å². The lowest BCUT2D eigenvalue weighted by Crippen LogP contribution is -2.36. The minimum absolute atomic E-state index is 0.351. The number of rotatable bonds is 3. The van der Waals surface area contributed by atoms with Gasteiger partial charge < -0.3 is 10.6 Å². The van der Waals surface area contributed by atoms with Crippen molar-refractivity contribution in [2.24, 2.45) is 0 Å². The fourth-order valence-corrected chi connectivity index (χ4v) is 2.61. The Morgan fingerprint density at radius 1 is 0.880 bits per heavy atom. The highest BCUT2D eigenvalue weighted by atomic mass is 19.1. The van der Waals surface area contributed by atoms with Gasteiger partial charge in [0.1, 0.15) is 5.82 Å². The number of carbonyl (C=O) groups excluding carboxylic acids is 2. The van der Waals surface area contributed by atoms with Crippen molar-refractivity contribution in [2.75, 3.05) is 5.32 Å². The maximum absolute atomic E-state index is 13.0. The molecule has 126 valence electrons. The molecule has 0 saturated carbocycles. The maximum atomic E-state index is 13.0. The molecule has 3 rings (SSSR count). The summed E-state index contributed by atoms with van der Waals surface area (Å²) in [6.45, 7) is 1.73. The number of hydrogen-bond acceptors (Lipinski definition) is 2. The van der Waals surface area contributed by atoms with Crippen molar-refractivity contribution in [1.82, 2.24) is 5.32 Å². The number of hydrogen-bond donors (Lipinski definition) is 2. The molecule has 0 fully saturated rings. The summed E-state index contributed by atoms with van der Waals surface area (Å²) in [5, 5.41) is 7.08. The zero-order valence-electron chi connectivity index (χ0n) is 13.6. The van der Waals surface area contributed by atoms with Crippen molar-refractivity contribution in [2.45, 2.75) is 13.0 Å². The molecule has 0 aliphatic heterocycles. The SMILES string of the molecule is C[C@H](NC(=O)C(=O)Nc1cccc2ccccc12)c1ccc(F)cc1. The minimum atomic E-state index is -0.746. The van der Waals surface area contributed by atoms with Crippen molar-refractivity contribution < 1.29 is 14.0 Å². The molecule has 2 amide bonds. The Labute approximate surface area is 144 Å². The molecule has 2 N–H and O–H groups in total. The lowest BCUT2D eigenvalue weighted by molar-refractivity contribution is -0.136. The summed E-state index contributed by atoms with van der Waals surface area (Å²) in [5.74, 6) is -1.84. The van der Waals surface area contributed by atoms with E-state index < -0.39 is 17.9 Å². The lowest BCUT2D eigenvalue weighted by Gasteiger charge is -2.14. The summed E-state index contributed by atoms with van der Waals surface area (Å²) in [7, 11) is 0. The molecule has 0 saturated heterocycles. The van der Waals surface area contributed by atoms with Gasteiger partial charge >= 0.3 is 11.8 Å². The van der Waals surface area contributed by atoms with Crippen LogP contribution in [0.4, 0.5) is 10.1 Å². The van der Waals surface area contributed by atoms with E-state index >= 15 is 0 Å². The lowest BCUT2D eigenvalue weighted by atomic mass is 10.1. The molecule has 0 aliphatic carbocycles. The number of halogens is 1. The third-order valence-electron chi connectivity index (χ3n) is 3.96. The van der Waals surface area contributed by atoms with Gasteiger partial charge in [0.25, 0.3) is 0 Å². The zero-order chi connectivity index (χ0) is 17.8. The summed E-state index contributed by atoms with van der Waals surface area (Å²) < 4.78 is 13.0. The van der Waals surface area contributed by atoms with Gasteiger partial charge in [-0.1, -0.05) is 48.5 Å². The summed E-state index contributed by atoms with van der Waals surface area (Å²) >= 11 is 0. The van der Waals surface area contributed by atoms with E-state index in [1.54, 1.807) is 25.1 Å². The van der Waals surface area contributed by atoms with E-state index in [2.05, 4.69) is 10.6 Å². The average molecular weight is 336 g/mol. The predicted molar refractivity (Wildman–Crippen MR) is 95.5 cm³/mol. The van der Waals surface area contributed by atoms with Crippen LogP contribution in [-0.4, -0.2) is 11.8 Å². The quantitative estimate of drug-likeness (QED) is 0.715. The third-order valence-corrected chi connectivity index (χ3v) is 3.96. The van der Waals surface area contributed by atoms with E-state index in [4.69, 9.17) is 0 Å². The van der Waals surface area contributed by atoms with Crippen LogP contribution in [0.15, 0.2) is 66.7 Å². The Bertz CT molecular complexity index is 917. The number of benzene rings is 3. The van der Waals surface area contributed by atoms with Crippen LogP contribution in [-0.2, 0) is 9.59 Å².